The number of amides is 1. The van der Waals surface area contributed by atoms with Crippen LogP contribution in [0.5, 0.6) is 0 Å². The molecule has 0 N–H and O–H groups in total. The topological polar surface area (TPSA) is 66.9 Å². The molecule has 6 nitrogen and oxygen atoms in total. The molecule has 8 heteroatoms. The van der Waals surface area contributed by atoms with Gasteiger partial charge in [0.15, 0.2) is 0 Å². The van der Waals surface area contributed by atoms with Crippen molar-refractivity contribution in [3.63, 3.8) is 0 Å². The van der Waals surface area contributed by atoms with Crippen LogP contribution in [-0.4, -0.2) is 52.2 Å². The normalized spacial score (nSPS) is 15.1. The van der Waals surface area contributed by atoms with Crippen LogP contribution < -0.4 is 4.90 Å². The van der Waals surface area contributed by atoms with Crippen molar-refractivity contribution in [2.45, 2.75) is 32.4 Å². The number of nitrogens with zero attached hydrogens (tertiary/aromatic N) is 2. The van der Waals surface area contributed by atoms with E-state index in [0.29, 0.717) is 48.4 Å². The molecule has 202 valence electrons. The summed E-state index contributed by atoms with van der Waals surface area (Å²) in [5, 5.41) is 0. The van der Waals surface area contributed by atoms with Gasteiger partial charge in [-0.2, -0.15) is 8.42 Å². The van der Waals surface area contributed by atoms with E-state index in [1.54, 1.807) is 18.7 Å². The van der Waals surface area contributed by atoms with Crippen LogP contribution in [0.1, 0.15) is 44.9 Å². The fourth-order valence-electron chi connectivity index (χ4n) is 6.13. The number of fused-ring (bicyclic) bond motifs is 3. The maximum atomic E-state index is 13.7. The van der Waals surface area contributed by atoms with Crippen molar-refractivity contribution in [3.05, 3.63) is 87.5 Å². The smallest absolute Gasteiger partial charge is 0.409 e. The molecule has 39 heavy (non-hydrogen) atoms. The first-order chi connectivity index (χ1) is 18.6. The van der Waals surface area contributed by atoms with E-state index in [4.69, 9.17) is 11.2 Å². The van der Waals surface area contributed by atoms with Gasteiger partial charge >= 0.3 is 16.3 Å². The highest BCUT2D eigenvalue weighted by atomic mass is 32.3. The number of ether oxygens (including phenoxy) is 1. The average Bonchev–Trinajstić information content (AvgIpc) is 3.23. The minimum absolute atomic E-state index is 0.00659. The summed E-state index contributed by atoms with van der Waals surface area (Å²) in [6, 6.07) is 16.4. The number of hydrogen-bond donors (Lipinski definition) is 0. The first-order valence-electron chi connectivity index (χ1n) is 13.0. The molecule has 2 aliphatic rings. The number of rotatable bonds is 5. The zero-order chi connectivity index (χ0) is 27.9. The minimum atomic E-state index is -4.73. The van der Waals surface area contributed by atoms with Crippen molar-refractivity contribution in [2.75, 3.05) is 37.7 Å². The van der Waals surface area contributed by atoms with E-state index >= 15 is 0 Å². The van der Waals surface area contributed by atoms with E-state index < -0.39 is 16.0 Å². The van der Waals surface area contributed by atoms with Crippen molar-refractivity contribution < 1.29 is 21.8 Å². The fraction of sp³-hybridized carbons (Fsp3) is 0.323. The Balaban J connectivity index is 1.29. The molecule has 0 aromatic heterocycles. The Bertz CT molecular complexity index is 1560. The second-order valence-corrected chi connectivity index (χ2v) is 11.5. The molecule has 1 fully saturated rings. The molecule has 0 saturated carbocycles. The van der Waals surface area contributed by atoms with Crippen LogP contribution in [0.4, 0.5) is 14.4 Å². The lowest BCUT2D eigenvalue weighted by molar-refractivity contribution is 0.0976. The second-order valence-electron chi connectivity index (χ2n) is 10.2. The van der Waals surface area contributed by atoms with E-state index in [2.05, 4.69) is 35.1 Å². The third kappa shape index (κ3) is 4.99. The largest absolute Gasteiger partial charge is 0.448 e. The molecule has 0 radical (unpaired) electrons. The van der Waals surface area contributed by atoms with E-state index in [1.165, 1.54) is 11.1 Å². The van der Waals surface area contributed by atoms with Gasteiger partial charge in [-0.1, -0.05) is 54.5 Å². The van der Waals surface area contributed by atoms with Crippen molar-refractivity contribution in [1.82, 2.24) is 4.90 Å². The summed E-state index contributed by atoms with van der Waals surface area (Å²) in [6.45, 7) is 7.59. The Morgan fingerprint density at radius 3 is 2.05 bits per heavy atom. The van der Waals surface area contributed by atoms with Gasteiger partial charge in [-0.25, -0.2) is 4.79 Å². The van der Waals surface area contributed by atoms with Crippen molar-refractivity contribution in [1.29, 1.82) is 0 Å². The summed E-state index contributed by atoms with van der Waals surface area (Å²) >= 11 is 0. The van der Waals surface area contributed by atoms with Crippen LogP contribution in [0.3, 0.4) is 0 Å². The standard InChI is InChI=1S/C31H31FN2O4S/c1-5-23-20(2)29(19-39(32,36)37)22(4)30(21(23)3)33-14-16-34(17-15-33)31(35)38-18-28-26-12-8-6-10-24(26)25-11-7-9-13-27(25)28/h1,6-13,28H,14-19H2,2-4H3. The average molecular weight is 547 g/mol. The predicted molar refractivity (Wildman–Crippen MR) is 151 cm³/mol. The molecule has 0 bridgehead atoms. The second kappa shape index (κ2) is 10.4. The Morgan fingerprint density at radius 2 is 1.51 bits per heavy atom. The first-order valence-corrected chi connectivity index (χ1v) is 14.5. The van der Waals surface area contributed by atoms with Gasteiger partial charge in [0.25, 0.3) is 0 Å². The van der Waals surface area contributed by atoms with Gasteiger partial charge in [-0.3, -0.25) is 0 Å². The summed E-state index contributed by atoms with van der Waals surface area (Å²) in [6.07, 6.45) is 5.40. The molecular formula is C31H31FN2O4S. The van der Waals surface area contributed by atoms with Crippen LogP contribution in [0.2, 0.25) is 0 Å². The lowest BCUT2D eigenvalue weighted by Crippen LogP contribution is -2.49. The van der Waals surface area contributed by atoms with Gasteiger partial charge in [0.2, 0.25) is 0 Å². The van der Waals surface area contributed by atoms with Crippen LogP contribution in [0.25, 0.3) is 11.1 Å². The van der Waals surface area contributed by atoms with Crippen LogP contribution in [0.15, 0.2) is 48.5 Å². The summed E-state index contributed by atoms with van der Waals surface area (Å²) in [5.41, 5.74) is 8.61. The summed E-state index contributed by atoms with van der Waals surface area (Å²) in [7, 11) is -4.73. The van der Waals surface area contributed by atoms with Crippen molar-refractivity contribution >= 4 is 22.0 Å². The maximum Gasteiger partial charge on any atom is 0.409 e. The maximum absolute atomic E-state index is 13.7. The molecular weight excluding hydrogens is 515 g/mol. The highest BCUT2D eigenvalue weighted by Crippen LogP contribution is 2.44. The molecule has 3 aromatic rings. The van der Waals surface area contributed by atoms with E-state index in [-0.39, 0.29) is 18.6 Å². The molecule has 1 saturated heterocycles. The number of terminal acetylenes is 1. The number of carbonyl (C=O) groups is 1. The highest BCUT2D eigenvalue weighted by Gasteiger charge is 2.31. The molecule has 1 amide bonds. The highest BCUT2D eigenvalue weighted by molar-refractivity contribution is 7.85. The van der Waals surface area contributed by atoms with E-state index in [0.717, 1.165) is 22.4 Å². The van der Waals surface area contributed by atoms with Gasteiger partial charge in [-0.15, -0.1) is 10.3 Å². The number of piperazine rings is 1. The minimum Gasteiger partial charge on any atom is -0.448 e. The van der Waals surface area contributed by atoms with Crippen molar-refractivity contribution in [3.8, 4) is 23.5 Å². The predicted octanol–water partition coefficient (Wildman–Crippen LogP) is 5.46. The number of carbonyl (C=O) groups excluding carboxylic acids is 1. The number of halogens is 1. The Labute approximate surface area is 229 Å². The monoisotopic (exact) mass is 546 g/mol. The van der Waals surface area contributed by atoms with Gasteiger partial charge < -0.3 is 14.5 Å². The van der Waals surface area contributed by atoms with Gasteiger partial charge in [0, 0.05) is 43.3 Å². The fourth-order valence-corrected chi connectivity index (χ4v) is 6.91. The van der Waals surface area contributed by atoms with Gasteiger partial charge in [-0.05, 0) is 65.3 Å². The van der Waals surface area contributed by atoms with Crippen LogP contribution in [0, 0.1) is 33.1 Å². The van der Waals surface area contributed by atoms with Crippen molar-refractivity contribution in [2.24, 2.45) is 0 Å². The van der Waals surface area contributed by atoms with Crippen LogP contribution in [-0.2, 0) is 20.7 Å². The number of anilines is 1. The van der Waals surface area contributed by atoms with E-state index in [1.807, 2.05) is 31.2 Å². The lowest BCUT2D eigenvalue weighted by atomic mass is 9.91. The molecule has 0 spiro atoms. The Hall–Kier alpha value is -3.83. The zero-order valence-corrected chi connectivity index (χ0v) is 23.1. The number of hydrogen-bond acceptors (Lipinski definition) is 5. The zero-order valence-electron chi connectivity index (χ0n) is 22.3. The molecule has 1 aliphatic carbocycles. The quantitative estimate of drug-likeness (QED) is 0.314. The molecule has 1 aliphatic heterocycles. The molecule has 5 rings (SSSR count). The molecule has 0 unspecified atom stereocenters. The van der Waals surface area contributed by atoms with Crippen LogP contribution >= 0.6 is 0 Å². The third-order valence-electron chi connectivity index (χ3n) is 8.02. The summed E-state index contributed by atoms with van der Waals surface area (Å²) in [4.78, 5) is 16.8. The van der Waals surface area contributed by atoms with E-state index in [9.17, 15) is 17.1 Å². The number of benzene rings is 3. The lowest BCUT2D eigenvalue weighted by Gasteiger charge is -2.38. The SMILES string of the molecule is C#Cc1c(C)c(CS(=O)(=O)F)c(C)c(N2CCN(C(=O)OCC3c4ccccc4-c4ccccc43)CC2)c1C. The molecule has 3 aromatic carbocycles. The van der Waals surface area contributed by atoms with Gasteiger partial charge in [0.05, 0.1) is 0 Å². The summed E-state index contributed by atoms with van der Waals surface area (Å²) < 4.78 is 42.5. The third-order valence-corrected chi connectivity index (χ3v) is 8.65. The molecule has 1 heterocycles. The first kappa shape index (κ1) is 26.8. The molecule has 0 atom stereocenters. The summed E-state index contributed by atoms with van der Waals surface area (Å²) in [5.74, 6) is 1.93. The Morgan fingerprint density at radius 1 is 0.949 bits per heavy atom. The Kier molecular flexibility index (Phi) is 7.13. The van der Waals surface area contributed by atoms with Gasteiger partial charge in [0.1, 0.15) is 12.4 Å².